The molecule has 2 fully saturated rings. The summed E-state index contributed by atoms with van der Waals surface area (Å²) >= 11 is 6.22. The van der Waals surface area contributed by atoms with Crippen LogP contribution >= 0.6 is 11.6 Å². The molecule has 2 unspecified atom stereocenters. The van der Waals surface area contributed by atoms with Crippen LogP contribution in [0.15, 0.2) is 18.2 Å². The second kappa shape index (κ2) is 4.21. The van der Waals surface area contributed by atoms with Gasteiger partial charge in [-0.1, -0.05) is 11.6 Å². The van der Waals surface area contributed by atoms with Crippen LogP contribution in [0.1, 0.15) is 18.4 Å². The number of benzene rings is 1. The van der Waals surface area contributed by atoms with Crippen molar-refractivity contribution in [3.8, 4) is 6.07 Å². The summed E-state index contributed by atoms with van der Waals surface area (Å²) in [5.41, 5.74) is 1.63. The van der Waals surface area contributed by atoms with E-state index in [2.05, 4.69) is 11.0 Å². The lowest BCUT2D eigenvalue weighted by atomic mass is 10.2. The van der Waals surface area contributed by atoms with Crippen LogP contribution in [0.25, 0.3) is 0 Å². The molecule has 2 atom stereocenters. The van der Waals surface area contributed by atoms with Crippen molar-refractivity contribution in [2.45, 2.75) is 25.0 Å². The van der Waals surface area contributed by atoms with E-state index in [1.807, 2.05) is 12.1 Å². The topological polar surface area (TPSA) is 36.3 Å². The van der Waals surface area contributed by atoms with Crippen LogP contribution < -0.4 is 4.90 Å². The molecule has 0 aromatic heterocycles. The molecule has 3 nitrogen and oxygen atoms in total. The summed E-state index contributed by atoms with van der Waals surface area (Å²) < 4.78 is 5.80. The molecule has 0 saturated carbocycles. The molecule has 0 aliphatic carbocycles. The second-order valence-corrected chi connectivity index (χ2v) is 5.05. The Morgan fingerprint density at radius 2 is 2.00 bits per heavy atom. The molecule has 2 aliphatic heterocycles. The largest absolute Gasteiger partial charge is 0.371 e. The summed E-state index contributed by atoms with van der Waals surface area (Å²) in [4.78, 5) is 2.27. The molecule has 1 aromatic carbocycles. The van der Waals surface area contributed by atoms with E-state index in [1.54, 1.807) is 6.07 Å². The van der Waals surface area contributed by atoms with Gasteiger partial charge in [0.2, 0.25) is 0 Å². The summed E-state index contributed by atoms with van der Waals surface area (Å²) in [6, 6.07) is 7.58. The average molecular weight is 249 g/mol. The van der Waals surface area contributed by atoms with Crippen LogP contribution in [0, 0.1) is 11.3 Å². The zero-order valence-corrected chi connectivity index (χ0v) is 10.2. The number of rotatable bonds is 1. The molecule has 0 radical (unpaired) electrons. The van der Waals surface area contributed by atoms with Crippen molar-refractivity contribution in [1.82, 2.24) is 0 Å². The van der Waals surface area contributed by atoms with Crippen molar-refractivity contribution in [2.75, 3.05) is 18.0 Å². The van der Waals surface area contributed by atoms with Crippen LogP contribution in [-0.4, -0.2) is 25.3 Å². The molecule has 17 heavy (non-hydrogen) atoms. The third-order valence-corrected chi connectivity index (χ3v) is 3.76. The maximum atomic E-state index is 8.82. The van der Waals surface area contributed by atoms with Gasteiger partial charge in [0, 0.05) is 13.1 Å². The van der Waals surface area contributed by atoms with Gasteiger partial charge in [-0.3, -0.25) is 0 Å². The van der Waals surface area contributed by atoms with Gasteiger partial charge in [-0.25, -0.2) is 0 Å². The maximum absolute atomic E-state index is 8.82. The van der Waals surface area contributed by atoms with Gasteiger partial charge in [0.1, 0.15) is 0 Å². The number of nitrogens with zero attached hydrogens (tertiary/aromatic N) is 2. The van der Waals surface area contributed by atoms with E-state index in [9.17, 15) is 0 Å². The molecular weight excluding hydrogens is 236 g/mol. The number of anilines is 1. The third kappa shape index (κ3) is 1.99. The van der Waals surface area contributed by atoms with E-state index in [0.29, 0.717) is 22.8 Å². The van der Waals surface area contributed by atoms with Crippen LogP contribution in [0.3, 0.4) is 0 Å². The molecule has 2 saturated heterocycles. The monoisotopic (exact) mass is 248 g/mol. The molecule has 2 aliphatic rings. The smallest absolute Gasteiger partial charge is 0.0992 e. The fourth-order valence-corrected chi connectivity index (χ4v) is 2.94. The van der Waals surface area contributed by atoms with Crippen LogP contribution in [0.5, 0.6) is 0 Å². The second-order valence-electron chi connectivity index (χ2n) is 4.64. The van der Waals surface area contributed by atoms with E-state index >= 15 is 0 Å². The molecule has 4 heteroatoms. The Kier molecular flexibility index (Phi) is 2.70. The first-order chi connectivity index (χ1) is 8.26. The van der Waals surface area contributed by atoms with Crippen molar-refractivity contribution in [1.29, 1.82) is 5.26 Å². The standard InChI is InChI=1S/C13H13ClN2O/c14-12-5-9(6-15)1-4-13(12)16-7-10-2-3-11(8-16)17-10/h1,4-5,10-11H,2-3,7-8H2. The Morgan fingerprint density at radius 3 is 2.59 bits per heavy atom. The maximum Gasteiger partial charge on any atom is 0.0992 e. The molecular formula is C13H13ClN2O. The zero-order chi connectivity index (χ0) is 11.8. The predicted octanol–water partition coefficient (Wildman–Crippen LogP) is 2.58. The Morgan fingerprint density at radius 1 is 1.29 bits per heavy atom. The van der Waals surface area contributed by atoms with Gasteiger partial charge in [-0.2, -0.15) is 5.26 Å². The van der Waals surface area contributed by atoms with Gasteiger partial charge in [0.05, 0.1) is 34.6 Å². The van der Waals surface area contributed by atoms with Gasteiger partial charge in [0.15, 0.2) is 0 Å². The summed E-state index contributed by atoms with van der Waals surface area (Å²) in [5.74, 6) is 0. The van der Waals surface area contributed by atoms with Crippen LogP contribution in [0.4, 0.5) is 5.69 Å². The Bertz CT molecular complexity index is 471. The van der Waals surface area contributed by atoms with Crippen molar-refractivity contribution in [3.63, 3.8) is 0 Å². The number of fused-ring (bicyclic) bond motifs is 2. The summed E-state index contributed by atoms with van der Waals surface area (Å²) in [6.07, 6.45) is 2.99. The highest BCUT2D eigenvalue weighted by molar-refractivity contribution is 6.33. The SMILES string of the molecule is N#Cc1ccc(N2CC3CCC(C2)O3)c(Cl)c1. The minimum Gasteiger partial charge on any atom is -0.371 e. The molecule has 0 N–H and O–H groups in total. The minimum absolute atomic E-state index is 0.348. The molecule has 88 valence electrons. The summed E-state index contributed by atoms with van der Waals surface area (Å²) in [6.45, 7) is 1.81. The number of hydrogen-bond donors (Lipinski definition) is 0. The molecule has 2 heterocycles. The molecule has 2 bridgehead atoms. The summed E-state index contributed by atoms with van der Waals surface area (Å²) in [7, 11) is 0. The quantitative estimate of drug-likeness (QED) is 0.767. The first-order valence-corrected chi connectivity index (χ1v) is 6.24. The van der Waals surface area contributed by atoms with E-state index < -0.39 is 0 Å². The lowest BCUT2D eigenvalue weighted by Crippen LogP contribution is -2.42. The number of morpholine rings is 1. The van der Waals surface area contributed by atoms with Gasteiger partial charge in [-0.15, -0.1) is 0 Å². The summed E-state index contributed by atoms with van der Waals surface area (Å²) in [5, 5.41) is 9.47. The van der Waals surface area contributed by atoms with Crippen molar-refractivity contribution >= 4 is 17.3 Å². The molecule has 1 aromatic rings. The number of nitriles is 1. The van der Waals surface area contributed by atoms with Gasteiger partial charge in [0.25, 0.3) is 0 Å². The first-order valence-electron chi connectivity index (χ1n) is 5.86. The van der Waals surface area contributed by atoms with Crippen LogP contribution in [0.2, 0.25) is 5.02 Å². The first kappa shape index (κ1) is 10.9. The van der Waals surface area contributed by atoms with Gasteiger partial charge in [-0.05, 0) is 31.0 Å². The molecule has 0 amide bonds. The Balaban J connectivity index is 1.87. The van der Waals surface area contributed by atoms with E-state index in [-0.39, 0.29) is 0 Å². The molecule has 0 spiro atoms. The highest BCUT2D eigenvalue weighted by Gasteiger charge is 2.34. The number of ether oxygens (including phenoxy) is 1. The lowest BCUT2D eigenvalue weighted by Gasteiger charge is -2.34. The number of halogens is 1. The van der Waals surface area contributed by atoms with Crippen molar-refractivity contribution in [3.05, 3.63) is 28.8 Å². The fourth-order valence-electron chi connectivity index (χ4n) is 2.64. The van der Waals surface area contributed by atoms with Crippen molar-refractivity contribution in [2.24, 2.45) is 0 Å². The average Bonchev–Trinajstić information content (AvgIpc) is 2.68. The minimum atomic E-state index is 0.348. The normalized spacial score (nSPS) is 26.9. The predicted molar refractivity (Wildman–Crippen MR) is 66.3 cm³/mol. The van der Waals surface area contributed by atoms with Crippen LogP contribution in [-0.2, 0) is 4.74 Å². The third-order valence-electron chi connectivity index (χ3n) is 3.46. The van der Waals surface area contributed by atoms with E-state index in [1.165, 1.54) is 0 Å². The zero-order valence-electron chi connectivity index (χ0n) is 9.40. The van der Waals surface area contributed by atoms with Crippen molar-refractivity contribution < 1.29 is 4.74 Å². The molecule has 3 rings (SSSR count). The van der Waals surface area contributed by atoms with E-state index in [4.69, 9.17) is 21.6 Å². The highest BCUT2D eigenvalue weighted by atomic mass is 35.5. The number of hydrogen-bond acceptors (Lipinski definition) is 3. The lowest BCUT2D eigenvalue weighted by molar-refractivity contribution is 0.0305. The fraction of sp³-hybridized carbons (Fsp3) is 0.462. The Labute approximate surface area is 106 Å². The Hall–Kier alpha value is -1.24. The highest BCUT2D eigenvalue weighted by Crippen LogP contribution is 2.33. The van der Waals surface area contributed by atoms with Gasteiger partial charge < -0.3 is 9.64 Å². The van der Waals surface area contributed by atoms with E-state index in [0.717, 1.165) is 31.6 Å². The van der Waals surface area contributed by atoms with Gasteiger partial charge >= 0.3 is 0 Å².